The van der Waals surface area contributed by atoms with Crippen molar-refractivity contribution < 1.29 is 40.2 Å². The Hall–Kier alpha value is -3.30. The van der Waals surface area contributed by atoms with Crippen molar-refractivity contribution in [1.82, 2.24) is 0 Å². The van der Waals surface area contributed by atoms with Gasteiger partial charge in [0.1, 0.15) is 23.0 Å². The summed E-state index contributed by atoms with van der Waals surface area (Å²) in [5.74, 6) is -2.85. The minimum Gasteiger partial charge on any atom is -0.553 e. The molecular formula is C30H40O8. The number of carbonyl (C=O) groups is 2. The molecule has 8 heteroatoms. The fourth-order valence-electron chi connectivity index (χ4n) is 3.97. The Morgan fingerprint density at radius 2 is 1.21 bits per heavy atom. The van der Waals surface area contributed by atoms with Crippen molar-refractivity contribution >= 4 is 11.9 Å². The average molecular weight is 529 g/mol. The highest BCUT2D eigenvalue weighted by atomic mass is 16.5. The van der Waals surface area contributed by atoms with Gasteiger partial charge in [0.05, 0.1) is 19.8 Å². The molecule has 0 aromatic heterocycles. The van der Waals surface area contributed by atoms with Gasteiger partial charge < -0.3 is 29.2 Å². The van der Waals surface area contributed by atoms with Crippen LogP contribution < -0.4 is 0 Å². The first kappa shape index (κ1) is 32.7. The van der Waals surface area contributed by atoms with Crippen molar-refractivity contribution in [2.24, 2.45) is 11.8 Å². The lowest BCUT2D eigenvalue weighted by Crippen LogP contribution is -2.43. The van der Waals surface area contributed by atoms with E-state index in [0.29, 0.717) is 11.1 Å². The maximum Gasteiger partial charge on any atom is 1.00 e. The third kappa shape index (κ3) is 8.36. The van der Waals surface area contributed by atoms with Crippen molar-refractivity contribution in [2.45, 2.75) is 25.0 Å². The van der Waals surface area contributed by atoms with E-state index in [2.05, 4.69) is 20.3 Å². The van der Waals surface area contributed by atoms with E-state index < -0.39 is 35.0 Å². The summed E-state index contributed by atoms with van der Waals surface area (Å²) < 4.78 is 19.8. The number of benzene rings is 2. The molecular weight excluding hydrogens is 488 g/mol. The van der Waals surface area contributed by atoms with E-state index in [1.165, 1.54) is 19.3 Å². The van der Waals surface area contributed by atoms with E-state index >= 15 is 0 Å². The highest BCUT2D eigenvalue weighted by Gasteiger charge is 2.43. The lowest BCUT2D eigenvalue weighted by molar-refractivity contribution is -0.160. The zero-order valence-electron chi connectivity index (χ0n) is 23.4. The van der Waals surface area contributed by atoms with Crippen LogP contribution in [0.2, 0.25) is 0 Å². The SMILES string of the molecule is C=C[C@@H](C(=O)OCC)[C@](O)(COC)c1ccccc1.C=C[C@H](C(=O)OCC)[C@@](O)(CO[CH2-])c1ccccc1.[H+]. The number of hydrogen-bond acceptors (Lipinski definition) is 8. The van der Waals surface area contributed by atoms with Crippen LogP contribution in [-0.4, -0.2) is 55.7 Å². The lowest BCUT2D eigenvalue weighted by Gasteiger charge is -2.34. The molecule has 0 spiro atoms. The van der Waals surface area contributed by atoms with E-state index in [-0.39, 0.29) is 27.9 Å². The van der Waals surface area contributed by atoms with Crippen molar-refractivity contribution in [3.63, 3.8) is 0 Å². The van der Waals surface area contributed by atoms with Gasteiger partial charge in [-0.3, -0.25) is 9.59 Å². The highest BCUT2D eigenvalue weighted by Crippen LogP contribution is 2.33. The molecule has 4 atom stereocenters. The highest BCUT2D eigenvalue weighted by molar-refractivity contribution is 5.77. The molecule has 0 unspecified atom stereocenters. The Labute approximate surface area is 227 Å². The number of ether oxygens (including phenoxy) is 4. The van der Waals surface area contributed by atoms with Crippen LogP contribution in [0.1, 0.15) is 26.4 Å². The van der Waals surface area contributed by atoms with Gasteiger partial charge in [-0.25, -0.2) is 7.11 Å². The molecule has 0 amide bonds. The largest absolute Gasteiger partial charge is 1.00 e. The first-order valence-electron chi connectivity index (χ1n) is 12.2. The summed E-state index contributed by atoms with van der Waals surface area (Å²) in [7, 11) is 4.74. The number of methoxy groups -OCH3 is 1. The number of carbonyl (C=O) groups excluding carboxylic acids is 2. The molecule has 8 nitrogen and oxygen atoms in total. The predicted octanol–water partition coefficient (Wildman–Crippen LogP) is 4.05. The Morgan fingerprint density at radius 3 is 1.50 bits per heavy atom. The first-order chi connectivity index (χ1) is 18.2. The molecule has 0 aliphatic rings. The number of aliphatic hydroxyl groups is 2. The lowest BCUT2D eigenvalue weighted by atomic mass is 9.81. The average Bonchev–Trinajstić information content (AvgIpc) is 2.91. The second kappa shape index (κ2) is 16.5. The van der Waals surface area contributed by atoms with Gasteiger partial charge in [0, 0.05) is 13.7 Å². The number of hydrogen-bond donors (Lipinski definition) is 2. The number of rotatable bonds is 14. The normalized spacial score (nSPS) is 15.3. The third-order valence-corrected chi connectivity index (χ3v) is 5.82. The van der Waals surface area contributed by atoms with Gasteiger partial charge in [-0.2, -0.15) is 0 Å². The molecule has 2 aromatic carbocycles. The molecule has 0 fully saturated rings. The fraction of sp³-hybridized carbons (Fsp3) is 0.367. The van der Waals surface area contributed by atoms with Gasteiger partial charge >= 0.3 is 13.4 Å². The summed E-state index contributed by atoms with van der Waals surface area (Å²) >= 11 is 0. The maximum absolute atomic E-state index is 12.0. The third-order valence-electron chi connectivity index (χ3n) is 5.82. The molecule has 0 radical (unpaired) electrons. The molecule has 0 heterocycles. The molecule has 0 saturated heterocycles. The Kier molecular flexibility index (Phi) is 14.2. The molecule has 0 aliphatic heterocycles. The van der Waals surface area contributed by atoms with E-state index in [4.69, 9.17) is 18.9 Å². The van der Waals surface area contributed by atoms with E-state index in [1.807, 2.05) is 12.1 Å². The zero-order valence-corrected chi connectivity index (χ0v) is 22.4. The van der Waals surface area contributed by atoms with Gasteiger partial charge in [-0.15, -0.1) is 13.2 Å². The summed E-state index contributed by atoms with van der Waals surface area (Å²) in [5.41, 5.74) is -1.88. The molecule has 0 aliphatic carbocycles. The summed E-state index contributed by atoms with van der Waals surface area (Å²) in [4.78, 5) is 23.9. The van der Waals surface area contributed by atoms with Gasteiger partial charge in [0.2, 0.25) is 0 Å². The molecule has 0 bridgehead atoms. The van der Waals surface area contributed by atoms with E-state index in [1.54, 1.807) is 62.4 Å². The van der Waals surface area contributed by atoms with Crippen LogP contribution in [0.4, 0.5) is 0 Å². The van der Waals surface area contributed by atoms with Crippen LogP contribution in [0.3, 0.4) is 0 Å². The zero-order chi connectivity index (χ0) is 28.6. The molecule has 2 N–H and O–H groups in total. The van der Waals surface area contributed by atoms with Gasteiger partial charge in [0.15, 0.2) is 0 Å². The van der Waals surface area contributed by atoms with Crippen LogP contribution in [0.25, 0.3) is 0 Å². The minimum absolute atomic E-state index is 0. The van der Waals surface area contributed by atoms with Crippen LogP contribution in [0.15, 0.2) is 86.0 Å². The molecule has 2 rings (SSSR count). The quantitative estimate of drug-likeness (QED) is 0.215. The molecule has 2 aromatic rings. The smallest absolute Gasteiger partial charge is 0.553 e. The predicted molar refractivity (Wildman–Crippen MR) is 146 cm³/mol. The van der Waals surface area contributed by atoms with Crippen molar-refractivity contribution in [1.29, 1.82) is 0 Å². The van der Waals surface area contributed by atoms with Crippen LogP contribution >= 0.6 is 0 Å². The number of esters is 2. The Balaban J connectivity index is 0.000000722. The standard InChI is InChI=1S/C15H20O4.C15H19O4/c2*1-4-13(14(16)19-5-2)15(17,11-18-3)12-9-7-6-8-10-12/h4,6-10,13,17H,1,5,11H2,2-3H3;4,6-10,13,17H,1,3,5,11H2,2H3/q;-1/p+1/t2*13-,15-/m01/s1. The van der Waals surface area contributed by atoms with Crippen molar-refractivity contribution in [3.05, 3.63) is 104 Å². The molecule has 38 heavy (non-hydrogen) atoms. The van der Waals surface area contributed by atoms with E-state index in [9.17, 15) is 19.8 Å². The topological polar surface area (TPSA) is 112 Å². The Morgan fingerprint density at radius 1 is 0.842 bits per heavy atom. The van der Waals surface area contributed by atoms with Crippen LogP contribution in [-0.2, 0) is 39.7 Å². The molecule has 208 valence electrons. The summed E-state index contributed by atoms with van der Waals surface area (Å²) in [6.07, 6.45) is 2.76. The molecule has 0 saturated carbocycles. The maximum atomic E-state index is 12.0. The summed E-state index contributed by atoms with van der Waals surface area (Å²) in [6, 6.07) is 17.7. The van der Waals surface area contributed by atoms with E-state index in [0.717, 1.165) is 0 Å². The monoisotopic (exact) mass is 528 g/mol. The first-order valence-corrected chi connectivity index (χ1v) is 12.2. The van der Waals surface area contributed by atoms with Gasteiger partial charge in [0.25, 0.3) is 0 Å². The van der Waals surface area contributed by atoms with Gasteiger partial charge in [-0.05, 0) is 25.0 Å². The van der Waals surface area contributed by atoms with Crippen molar-refractivity contribution in [2.75, 3.05) is 33.5 Å². The summed E-state index contributed by atoms with van der Waals surface area (Å²) in [5, 5.41) is 21.6. The van der Waals surface area contributed by atoms with Crippen molar-refractivity contribution in [3.8, 4) is 0 Å². The fourth-order valence-corrected chi connectivity index (χ4v) is 3.97. The summed E-state index contributed by atoms with van der Waals surface area (Å²) in [6.45, 7) is 11.0. The second-order valence-electron chi connectivity index (χ2n) is 8.29. The van der Waals surface area contributed by atoms with Gasteiger partial charge in [-0.1, -0.05) is 72.8 Å². The Bertz CT molecular complexity index is 919. The van der Waals surface area contributed by atoms with Crippen LogP contribution in [0.5, 0.6) is 0 Å². The van der Waals surface area contributed by atoms with Crippen LogP contribution in [0, 0.1) is 18.9 Å². The minimum atomic E-state index is -1.54. The second-order valence-corrected chi connectivity index (χ2v) is 8.29.